The molecule has 0 radical (unpaired) electrons. The van der Waals surface area contributed by atoms with Crippen molar-refractivity contribution in [3.8, 4) is 5.75 Å². The molecule has 0 spiro atoms. The Bertz CT molecular complexity index is 388. The SMILES string of the molecule is CC(C)(C)Oc1c(N)cc(N)c(Cl)c1F. The number of benzene rings is 1. The number of rotatable bonds is 1. The zero-order valence-electron chi connectivity index (χ0n) is 8.90. The van der Waals surface area contributed by atoms with E-state index in [0.29, 0.717) is 0 Å². The molecule has 0 fully saturated rings. The van der Waals surface area contributed by atoms with E-state index in [1.54, 1.807) is 20.8 Å². The number of ether oxygens (including phenoxy) is 1. The molecule has 0 atom stereocenters. The molecule has 0 aliphatic rings. The molecule has 0 aliphatic heterocycles. The van der Waals surface area contributed by atoms with Crippen LogP contribution in [0.15, 0.2) is 6.07 Å². The Morgan fingerprint density at radius 3 is 2.27 bits per heavy atom. The van der Waals surface area contributed by atoms with E-state index in [-0.39, 0.29) is 22.1 Å². The number of halogens is 2. The predicted molar refractivity (Wildman–Crippen MR) is 60.6 cm³/mol. The van der Waals surface area contributed by atoms with E-state index in [9.17, 15) is 4.39 Å². The molecule has 0 bridgehead atoms. The second-order valence-corrected chi connectivity index (χ2v) is 4.60. The highest BCUT2D eigenvalue weighted by Gasteiger charge is 2.20. The Labute approximate surface area is 93.2 Å². The number of hydrogen-bond acceptors (Lipinski definition) is 3. The molecule has 15 heavy (non-hydrogen) atoms. The minimum absolute atomic E-state index is 0.0540. The molecule has 0 unspecified atom stereocenters. The molecule has 0 saturated carbocycles. The van der Waals surface area contributed by atoms with Crippen LogP contribution in [-0.4, -0.2) is 5.60 Å². The quantitative estimate of drug-likeness (QED) is 0.732. The van der Waals surface area contributed by atoms with Gasteiger partial charge in [-0.15, -0.1) is 0 Å². The van der Waals surface area contributed by atoms with Crippen LogP contribution in [0.4, 0.5) is 15.8 Å². The third-order valence-electron chi connectivity index (χ3n) is 1.63. The summed E-state index contributed by atoms with van der Waals surface area (Å²) in [5, 5.41) is -0.163. The average molecular weight is 233 g/mol. The third kappa shape index (κ3) is 2.65. The van der Waals surface area contributed by atoms with Crippen LogP contribution in [0.3, 0.4) is 0 Å². The van der Waals surface area contributed by atoms with Crippen LogP contribution in [0.1, 0.15) is 20.8 Å². The zero-order valence-corrected chi connectivity index (χ0v) is 9.65. The van der Waals surface area contributed by atoms with Crippen LogP contribution in [0, 0.1) is 5.82 Å². The van der Waals surface area contributed by atoms with Crippen molar-refractivity contribution in [3.05, 3.63) is 16.9 Å². The first kappa shape index (κ1) is 11.9. The van der Waals surface area contributed by atoms with Gasteiger partial charge in [0.1, 0.15) is 10.6 Å². The van der Waals surface area contributed by atoms with Crippen LogP contribution < -0.4 is 16.2 Å². The first-order valence-electron chi connectivity index (χ1n) is 4.44. The molecule has 0 amide bonds. The van der Waals surface area contributed by atoms with E-state index in [0.717, 1.165) is 0 Å². The summed E-state index contributed by atoms with van der Waals surface area (Å²) in [6.45, 7) is 5.36. The van der Waals surface area contributed by atoms with Gasteiger partial charge < -0.3 is 16.2 Å². The van der Waals surface area contributed by atoms with Crippen molar-refractivity contribution in [3.63, 3.8) is 0 Å². The summed E-state index contributed by atoms with van der Waals surface area (Å²) >= 11 is 5.65. The molecule has 5 heteroatoms. The maximum Gasteiger partial charge on any atom is 0.187 e. The third-order valence-corrected chi connectivity index (χ3v) is 2.01. The van der Waals surface area contributed by atoms with E-state index >= 15 is 0 Å². The van der Waals surface area contributed by atoms with Crippen molar-refractivity contribution in [1.82, 2.24) is 0 Å². The van der Waals surface area contributed by atoms with Gasteiger partial charge in [-0.25, -0.2) is 4.39 Å². The van der Waals surface area contributed by atoms with E-state index in [1.807, 2.05) is 0 Å². The van der Waals surface area contributed by atoms with Crippen molar-refractivity contribution in [2.24, 2.45) is 0 Å². The molecule has 0 saturated heterocycles. The Morgan fingerprint density at radius 1 is 1.27 bits per heavy atom. The summed E-state index contributed by atoms with van der Waals surface area (Å²) in [5.74, 6) is -0.772. The molecule has 1 aromatic carbocycles. The molecule has 0 aromatic heterocycles. The lowest BCUT2D eigenvalue weighted by atomic mass is 10.2. The van der Waals surface area contributed by atoms with E-state index in [4.69, 9.17) is 27.8 Å². The Hall–Kier alpha value is -1.16. The van der Waals surface area contributed by atoms with Gasteiger partial charge in [0.05, 0.1) is 11.4 Å². The van der Waals surface area contributed by atoms with Crippen LogP contribution in [0.25, 0.3) is 0 Å². The standard InChI is InChI=1S/C10H14ClFN2O/c1-10(2,3)15-9-6(14)4-5(13)7(11)8(9)12/h4H,13-14H2,1-3H3. The first-order chi connectivity index (χ1) is 6.72. The maximum absolute atomic E-state index is 13.6. The molecular formula is C10H14ClFN2O. The summed E-state index contributed by atoms with van der Waals surface area (Å²) in [6.07, 6.45) is 0. The molecule has 1 aromatic rings. The van der Waals surface area contributed by atoms with Crippen molar-refractivity contribution < 1.29 is 9.13 Å². The summed E-state index contributed by atoms with van der Waals surface area (Å²) in [4.78, 5) is 0. The summed E-state index contributed by atoms with van der Waals surface area (Å²) < 4.78 is 19.0. The summed E-state index contributed by atoms with van der Waals surface area (Å²) in [7, 11) is 0. The highest BCUT2D eigenvalue weighted by molar-refractivity contribution is 6.33. The fourth-order valence-corrected chi connectivity index (χ4v) is 1.20. The monoisotopic (exact) mass is 232 g/mol. The Kier molecular flexibility index (Phi) is 3.00. The van der Waals surface area contributed by atoms with Crippen molar-refractivity contribution in [2.75, 3.05) is 11.5 Å². The lowest BCUT2D eigenvalue weighted by Crippen LogP contribution is -2.24. The Balaban J connectivity index is 3.24. The normalized spacial score (nSPS) is 11.5. The molecule has 84 valence electrons. The molecular weight excluding hydrogens is 219 g/mol. The highest BCUT2D eigenvalue weighted by Crippen LogP contribution is 2.37. The molecule has 0 heterocycles. The van der Waals surface area contributed by atoms with Gasteiger partial charge in [-0.3, -0.25) is 0 Å². The van der Waals surface area contributed by atoms with Gasteiger partial charge in [0, 0.05) is 0 Å². The second kappa shape index (κ2) is 3.77. The summed E-state index contributed by atoms with van der Waals surface area (Å²) in [6, 6.07) is 1.38. The summed E-state index contributed by atoms with van der Waals surface area (Å²) in [5.41, 5.74) is 10.7. The van der Waals surface area contributed by atoms with Crippen LogP contribution in [-0.2, 0) is 0 Å². The van der Waals surface area contributed by atoms with Gasteiger partial charge in [-0.1, -0.05) is 11.6 Å². The van der Waals surface area contributed by atoms with Gasteiger partial charge in [-0.2, -0.15) is 0 Å². The average Bonchev–Trinajstić information content (AvgIpc) is 2.07. The second-order valence-electron chi connectivity index (χ2n) is 4.23. The van der Waals surface area contributed by atoms with Gasteiger partial charge in [0.15, 0.2) is 11.6 Å². The Morgan fingerprint density at radius 2 is 1.80 bits per heavy atom. The van der Waals surface area contributed by atoms with Crippen molar-refractivity contribution in [2.45, 2.75) is 26.4 Å². The lowest BCUT2D eigenvalue weighted by molar-refractivity contribution is 0.125. The van der Waals surface area contributed by atoms with Crippen molar-refractivity contribution >= 4 is 23.0 Å². The molecule has 3 nitrogen and oxygen atoms in total. The van der Waals surface area contributed by atoms with Crippen LogP contribution in [0.5, 0.6) is 5.75 Å². The highest BCUT2D eigenvalue weighted by atomic mass is 35.5. The van der Waals surface area contributed by atoms with Gasteiger partial charge in [-0.05, 0) is 26.8 Å². The largest absolute Gasteiger partial charge is 0.483 e. The van der Waals surface area contributed by atoms with Gasteiger partial charge in [0.2, 0.25) is 0 Å². The van der Waals surface area contributed by atoms with Crippen LogP contribution >= 0.6 is 11.6 Å². The van der Waals surface area contributed by atoms with E-state index in [1.165, 1.54) is 6.07 Å². The minimum atomic E-state index is -0.718. The van der Waals surface area contributed by atoms with E-state index < -0.39 is 11.4 Å². The fourth-order valence-electron chi connectivity index (χ4n) is 1.06. The number of hydrogen-bond donors (Lipinski definition) is 2. The maximum atomic E-state index is 13.6. The smallest absolute Gasteiger partial charge is 0.187 e. The number of nitrogen functional groups attached to an aromatic ring is 2. The van der Waals surface area contributed by atoms with Gasteiger partial charge in [0.25, 0.3) is 0 Å². The fraction of sp³-hybridized carbons (Fsp3) is 0.400. The minimum Gasteiger partial charge on any atom is -0.483 e. The lowest BCUT2D eigenvalue weighted by Gasteiger charge is -2.23. The number of nitrogens with two attached hydrogens (primary N) is 2. The first-order valence-corrected chi connectivity index (χ1v) is 4.82. The zero-order chi connectivity index (χ0) is 11.8. The van der Waals surface area contributed by atoms with E-state index in [2.05, 4.69) is 0 Å². The van der Waals surface area contributed by atoms with Crippen molar-refractivity contribution in [1.29, 1.82) is 0 Å². The molecule has 4 N–H and O–H groups in total. The topological polar surface area (TPSA) is 61.3 Å². The number of anilines is 2. The molecule has 0 aliphatic carbocycles. The van der Waals surface area contributed by atoms with Crippen LogP contribution in [0.2, 0.25) is 5.02 Å². The predicted octanol–water partition coefficient (Wildman–Crippen LogP) is 2.82. The molecule has 1 rings (SSSR count). The van der Waals surface area contributed by atoms with Gasteiger partial charge >= 0.3 is 0 Å².